The van der Waals surface area contributed by atoms with Gasteiger partial charge in [0.25, 0.3) is 0 Å². The van der Waals surface area contributed by atoms with Crippen molar-refractivity contribution in [1.29, 1.82) is 0 Å². The zero-order chi connectivity index (χ0) is 14.0. The predicted octanol–water partition coefficient (Wildman–Crippen LogP) is 2.59. The van der Waals surface area contributed by atoms with Gasteiger partial charge in [0.15, 0.2) is 0 Å². The Labute approximate surface area is 114 Å². The van der Waals surface area contributed by atoms with Crippen LogP contribution in [0.15, 0.2) is 18.2 Å². The minimum absolute atomic E-state index is 0.0491. The topological polar surface area (TPSA) is 49.5 Å². The van der Waals surface area contributed by atoms with Crippen LogP contribution in [0, 0.1) is 5.82 Å². The second-order valence-electron chi connectivity index (χ2n) is 5.49. The second-order valence-corrected chi connectivity index (χ2v) is 5.49. The van der Waals surface area contributed by atoms with Gasteiger partial charge in [0.2, 0.25) is 0 Å². The number of aliphatic hydroxyl groups excluding tert-OH is 1. The van der Waals surface area contributed by atoms with E-state index in [0.29, 0.717) is 5.56 Å². The molecule has 4 heteroatoms. The van der Waals surface area contributed by atoms with E-state index in [-0.39, 0.29) is 24.0 Å². The van der Waals surface area contributed by atoms with E-state index >= 15 is 0 Å². The number of nitrogens with two attached hydrogens (primary N) is 1. The summed E-state index contributed by atoms with van der Waals surface area (Å²) in [6, 6.07) is 4.70. The Morgan fingerprint density at radius 2 is 2.05 bits per heavy atom. The monoisotopic (exact) mass is 266 g/mol. The molecule has 3 nitrogen and oxygen atoms in total. The zero-order valence-electron chi connectivity index (χ0n) is 11.6. The fraction of sp³-hybridized carbons (Fsp3) is 0.600. The molecule has 1 saturated carbocycles. The first-order valence-electron chi connectivity index (χ1n) is 6.97. The summed E-state index contributed by atoms with van der Waals surface area (Å²) in [4.78, 5) is 1.99. The average molecular weight is 266 g/mol. The Bertz CT molecular complexity index is 436. The highest BCUT2D eigenvalue weighted by atomic mass is 19.1. The van der Waals surface area contributed by atoms with Gasteiger partial charge in [-0.3, -0.25) is 0 Å². The van der Waals surface area contributed by atoms with Crippen molar-refractivity contribution in [2.75, 3.05) is 11.9 Å². The van der Waals surface area contributed by atoms with Crippen LogP contribution < -0.4 is 10.6 Å². The number of likely N-dealkylation sites (N-methyl/N-ethyl adjacent to an activating group) is 1. The van der Waals surface area contributed by atoms with Gasteiger partial charge in [0.1, 0.15) is 5.82 Å². The summed E-state index contributed by atoms with van der Waals surface area (Å²) in [7, 11) is 1.92. The van der Waals surface area contributed by atoms with Crippen LogP contribution in [-0.4, -0.2) is 24.3 Å². The maximum atomic E-state index is 14.0. The van der Waals surface area contributed by atoms with Crippen LogP contribution in [0.5, 0.6) is 0 Å². The SMILES string of the molecule is C[C@@H](N)c1c(F)cccc1N(C)C1CCCCC1O. The number of aliphatic hydroxyl groups is 1. The average Bonchev–Trinajstić information content (AvgIpc) is 2.37. The van der Waals surface area contributed by atoms with E-state index in [1.165, 1.54) is 6.07 Å². The van der Waals surface area contributed by atoms with Crippen molar-refractivity contribution in [2.45, 2.75) is 50.8 Å². The molecular formula is C15H23FN2O. The molecule has 0 aromatic heterocycles. The van der Waals surface area contributed by atoms with Gasteiger partial charge in [-0.25, -0.2) is 4.39 Å². The minimum Gasteiger partial charge on any atom is -0.391 e. The third-order valence-electron chi connectivity index (χ3n) is 4.06. The largest absolute Gasteiger partial charge is 0.391 e. The molecule has 1 fully saturated rings. The lowest BCUT2D eigenvalue weighted by atomic mass is 9.90. The number of benzene rings is 1. The van der Waals surface area contributed by atoms with Crippen molar-refractivity contribution < 1.29 is 9.50 Å². The normalized spacial score (nSPS) is 25.1. The Morgan fingerprint density at radius 1 is 1.37 bits per heavy atom. The minimum atomic E-state index is -0.362. The summed E-state index contributed by atoms with van der Waals surface area (Å²) in [5, 5.41) is 10.1. The van der Waals surface area contributed by atoms with Gasteiger partial charge in [-0.2, -0.15) is 0 Å². The standard InChI is InChI=1S/C15H23FN2O/c1-10(17)15-11(16)6-5-8-13(15)18(2)12-7-3-4-9-14(12)19/h5-6,8,10,12,14,19H,3-4,7,9,17H2,1-2H3/t10-,12?,14?/m1/s1. The molecule has 0 amide bonds. The van der Waals surface area contributed by atoms with E-state index in [0.717, 1.165) is 31.4 Å². The van der Waals surface area contributed by atoms with Crippen LogP contribution >= 0.6 is 0 Å². The Balaban J connectivity index is 2.32. The molecule has 106 valence electrons. The fourth-order valence-electron chi connectivity index (χ4n) is 3.01. The predicted molar refractivity (Wildman–Crippen MR) is 75.7 cm³/mol. The Kier molecular flexibility index (Phi) is 4.42. The Hall–Kier alpha value is -1.13. The Morgan fingerprint density at radius 3 is 2.68 bits per heavy atom. The molecule has 0 radical (unpaired) electrons. The quantitative estimate of drug-likeness (QED) is 0.884. The number of rotatable bonds is 3. The smallest absolute Gasteiger partial charge is 0.130 e. The van der Waals surface area contributed by atoms with E-state index in [1.54, 1.807) is 13.0 Å². The molecule has 3 atom stereocenters. The molecule has 1 aromatic rings. The molecule has 2 rings (SSSR count). The van der Waals surface area contributed by atoms with Crippen LogP contribution in [0.4, 0.5) is 10.1 Å². The lowest BCUT2D eigenvalue weighted by Crippen LogP contribution is -2.44. The van der Waals surface area contributed by atoms with Gasteiger partial charge in [-0.15, -0.1) is 0 Å². The molecule has 3 N–H and O–H groups in total. The van der Waals surface area contributed by atoms with E-state index in [4.69, 9.17) is 5.73 Å². The van der Waals surface area contributed by atoms with E-state index in [9.17, 15) is 9.50 Å². The summed E-state index contributed by atoms with van der Waals surface area (Å²) in [6.45, 7) is 1.78. The van der Waals surface area contributed by atoms with E-state index in [1.807, 2.05) is 18.0 Å². The number of anilines is 1. The van der Waals surface area contributed by atoms with Crippen molar-refractivity contribution in [1.82, 2.24) is 0 Å². The molecule has 0 heterocycles. The number of hydrogen-bond acceptors (Lipinski definition) is 3. The maximum Gasteiger partial charge on any atom is 0.130 e. The highest BCUT2D eigenvalue weighted by Crippen LogP contribution is 2.32. The van der Waals surface area contributed by atoms with Crippen LogP contribution in [0.25, 0.3) is 0 Å². The molecular weight excluding hydrogens is 243 g/mol. The first-order chi connectivity index (χ1) is 9.02. The third kappa shape index (κ3) is 2.90. The second kappa shape index (κ2) is 5.88. The van der Waals surface area contributed by atoms with Crippen LogP contribution in [-0.2, 0) is 0 Å². The van der Waals surface area contributed by atoms with Gasteiger partial charge < -0.3 is 15.7 Å². The zero-order valence-corrected chi connectivity index (χ0v) is 11.6. The molecule has 2 unspecified atom stereocenters. The maximum absolute atomic E-state index is 14.0. The number of nitrogens with zero attached hydrogens (tertiary/aromatic N) is 1. The highest BCUT2D eigenvalue weighted by Gasteiger charge is 2.28. The van der Waals surface area contributed by atoms with Crippen molar-refractivity contribution in [3.8, 4) is 0 Å². The van der Waals surface area contributed by atoms with E-state index < -0.39 is 0 Å². The molecule has 0 aliphatic heterocycles. The van der Waals surface area contributed by atoms with Crippen molar-refractivity contribution >= 4 is 5.69 Å². The van der Waals surface area contributed by atoms with E-state index in [2.05, 4.69) is 0 Å². The van der Waals surface area contributed by atoms with Gasteiger partial charge in [-0.05, 0) is 31.9 Å². The summed E-state index contributed by atoms with van der Waals surface area (Å²) in [5.41, 5.74) is 7.21. The van der Waals surface area contributed by atoms with Gasteiger partial charge in [0, 0.05) is 24.3 Å². The molecule has 19 heavy (non-hydrogen) atoms. The molecule has 0 saturated heterocycles. The lowest BCUT2D eigenvalue weighted by molar-refractivity contribution is 0.106. The van der Waals surface area contributed by atoms with Crippen LogP contribution in [0.1, 0.15) is 44.2 Å². The fourth-order valence-corrected chi connectivity index (χ4v) is 3.01. The van der Waals surface area contributed by atoms with Crippen molar-refractivity contribution in [3.63, 3.8) is 0 Å². The number of hydrogen-bond donors (Lipinski definition) is 2. The summed E-state index contributed by atoms with van der Waals surface area (Å²) >= 11 is 0. The molecule has 1 aliphatic rings. The first-order valence-corrected chi connectivity index (χ1v) is 6.97. The van der Waals surface area contributed by atoms with Gasteiger partial charge in [0.05, 0.1) is 12.1 Å². The van der Waals surface area contributed by atoms with Crippen molar-refractivity contribution in [3.05, 3.63) is 29.6 Å². The van der Waals surface area contributed by atoms with Crippen molar-refractivity contribution in [2.24, 2.45) is 5.73 Å². The highest BCUT2D eigenvalue weighted by molar-refractivity contribution is 5.56. The van der Waals surface area contributed by atoms with Crippen LogP contribution in [0.2, 0.25) is 0 Å². The van der Waals surface area contributed by atoms with Crippen LogP contribution in [0.3, 0.4) is 0 Å². The summed E-state index contributed by atoms with van der Waals surface area (Å²) < 4.78 is 14.0. The van der Waals surface area contributed by atoms with Gasteiger partial charge >= 0.3 is 0 Å². The van der Waals surface area contributed by atoms with Gasteiger partial charge in [-0.1, -0.05) is 18.9 Å². The summed E-state index contributed by atoms with van der Waals surface area (Å²) in [5.74, 6) is -0.273. The molecule has 1 aromatic carbocycles. The molecule has 0 spiro atoms. The summed E-state index contributed by atoms with van der Waals surface area (Å²) in [6.07, 6.45) is 3.58. The third-order valence-corrected chi connectivity index (χ3v) is 4.06. The number of halogens is 1. The first kappa shape index (κ1) is 14.3. The lowest BCUT2D eigenvalue weighted by Gasteiger charge is -2.38. The molecule has 0 bridgehead atoms. The molecule has 1 aliphatic carbocycles.